The maximum Gasteiger partial charge on any atom is 0.388 e. The van der Waals surface area contributed by atoms with Crippen LogP contribution in [-0.2, 0) is 21.5 Å². The van der Waals surface area contributed by atoms with Crippen molar-refractivity contribution in [2.45, 2.75) is 58.1 Å². The summed E-state index contributed by atoms with van der Waals surface area (Å²) in [5, 5.41) is 13.6. The fraction of sp³-hybridized carbons (Fsp3) is 0.440. The summed E-state index contributed by atoms with van der Waals surface area (Å²) in [4.78, 5) is 32.6. The number of piperidine rings is 1. The van der Waals surface area contributed by atoms with Crippen molar-refractivity contribution >= 4 is 17.5 Å². The molecule has 37 heavy (non-hydrogen) atoms. The van der Waals surface area contributed by atoms with Crippen LogP contribution in [0.2, 0.25) is 0 Å². The van der Waals surface area contributed by atoms with Gasteiger partial charge in [0, 0.05) is 18.8 Å². The van der Waals surface area contributed by atoms with Gasteiger partial charge in [-0.3, -0.25) is 9.59 Å². The molecule has 3 heterocycles. The molecular weight excluding hydrogens is 484 g/mol. The molecule has 2 amide bonds. The number of tetrazole rings is 1. The summed E-state index contributed by atoms with van der Waals surface area (Å²) in [5.41, 5.74) is 1.40. The van der Waals surface area contributed by atoms with Crippen molar-refractivity contribution in [2.24, 2.45) is 0 Å². The number of nitrogens with one attached hydrogen (secondary N) is 1. The number of halogens is 2. The van der Waals surface area contributed by atoms with Gasteiger partial charge in [-0.15, -0.1) is 5.10 Å². The van der Waals surface area contributed by atoms with E-state index in [1.165, 1.54) is 17.1 Å². The number of aryl methyl sites for hydroxylation is 1. The molecule has 0 saturated carbocycles. The zero-order valence-electron chi connectivity index (χ0n) is 20.9. The Kier molecular flexibility index (Phi) is 7.74. The third-order valence-electron chi connectivity index (χ3n) is 6.64. The molecule has 4 rings (SSSR count). The Morgan fingerprint density at radius 2 is 1.86 bits per heavy atom. The summed E-state index contributed by atoms with van der Waals surface area (Å²) < 4.78 is 32.0. The molecule has 0 aliphatic carbocycles. The molecule has 1 aliphatic heterocycles. The molecule has 12 heteroatoms. The molecule has 1 saturated heterocycles. The highest BCUT2D eigenvalue weighted by Crippen LogP contribution is 2.41. The molecule has 0 atom stereocenters. The number of carbonyl (C=O) groups is 2. The van der Waals surface area contributed by atoms with E-state index in [1.807, 2.05) is 38.1 Å². The number of aromatic nitrogens is 5. The lowest BCUT2D eigenvalue weighted by Gasteiger charge is -2.42. The predicted molar refractivity (Wildman–Crippen MR) is 130 cm³/mol. The average molecular weight is 514 g/mol. The van der Waals surface area contributed by atoms with Crippen LogP contribution in [0.3, 0.4) is 0 Å². The van der Waals surface area contributed by atoms with E-state index in [-0.39, 0.29) is 35.8 Å². The van der Waals surface area contributed by atoms with Crippen molar-refractivity contribution in [3.63, 3.8) is 0 Å². The van der Waals surface area contributed by atoms with Gasteiger partial charge >= 0.3 is 6.61 Å². The Labute approximate surface area is 213 Å². The van der Waals surface area contributed by atoms with E-state index in [0.717, 1.165) is 11.1 Å². The second-order valence-corrected chi connectivity index (χ2v) is 9.35. The molecule has 0 spiro atoms. The van der Waals surface area contributed by atoms with Crippen LogP contribution in [0.15, 0.2) is 42.7 Å². The first-order valence-electron chi connectivity index (χ1n) is 12.0. The van der Waals surface area contributed by atoms with E-state index in [1.54, 1.807) is 17.9 Å². The van der Waals surface area contributed by atoms with E-state index in [0.29, 0.717) is 31.6 Å². The maximum atomic E-state index is 14.0. The van der Waals surface area contributed by atoms with Crippen molar-refractivity contribution in [2.75, 3.05) is 18.4 Å². The highest BCUT2D eigenvalue weighted by Gasteiger charge is 2.45. The van der Waals surface area contributed by atoms with E-state index in [4.69, 9.17) is 0 Å². The minimum absolute atomic E-state index is 0.00184. The predicted octanol–water partition coefficient (Wildman–Crippen LogP) is 3.30. The molecule has 196 valence electrons. The number of carbonyl (C=O) groups excluding carboxylic acids is 2. The van der Waals surface area contributed by atoms with Crippen LogP contribution in [-0.4, -0.2) is 61.6 Å². The SMILES string of the molecule is Cc1ccc(NC(=O)C2(c3ccccc3C(C)C)CCN(C(=O)Cn3cnnn3)CC2)c(OC(F)F)n1. The Balaban J connectivity index is 1.65. The topological polar surface area (TPSA) is 115 Å². The molecule has 1 N–H and O–H groups in total. The summed E-state index contributed by atoms with van der Waals surface area (Å²) >= 11 is 0. The second-order valence-electron chi connectivity index (χ2n) is 9.35. The van der Waals surface area contributed by atoms with E-state index >= 15 is 0 Å². The first-order valence-corrected chi connectivity index (χ1v) is 12.0. The standard InChI is InChI=1S/C25H29F2N7O3/c1-16(2)18-6-4-5-7-19(18)25(10-12-33(13-11-25)21(35)14-34-15-28-31-32-34)23(36)30-20-9-8-17(3)29-22(20)37-24(26)27/h4-9,15-16,24H,10-14H2,1-3H3,(H,30,36). The van der Waals surface area contributed by atoms with Gasteiger partial charge in [0.15, 0.2) is 0 Å². The van der Waals surface area contributed by atoms with Gasteiger partial charge in [-0.25, -0.2) is 9.67 Å². The molecule has 0 unspecified atom stereocenters. The molecule has 3 aromatic rings. The molecule has 1 aliphatic rings. The zero-order chi connectivity index (χ0) is 26.6. The lowest BCUT2D eigenvalue weighted by Crippen LogP contribution is -2.52. The zero-order valence-corrected chi connectivity index (χ0v) is 20.9. The van der Waals surface area contributed by atoms with E-state index in [2.05, 4.69) is 30.6 Å². The monoisotopic (exact) mass is 513 g/mol. The van der Waals surface area contributed by atoms with Gasteiger partial charge in [0.05, 0.1) is 5.41 Å². The number of hydrogen-bond donors (Lipinski definition) is 1. The molecule has 10 nitrogen and oxygen atoms in total. The second kappa shape index (κ2) is 11.0. The van der Waals surface area contributed by atoms with Crippen molar-refractivity contribution in [1.82, 2.24) is 30.1 Å². The number of benzene rings is 1. The number of ether oxygens (including phenoxy) is 1. The number of hydrogen-bond acceptors (Lipinski definition) is 7. The fourth-order valence-corrected chi connectivity index (χ4v) is 4.73. The van der Waals surface area contributed by atoms with Crippen LogP contribution in [0, 0.1) is 6.92 Å². The van der Waals surface area contributed by atoms with Gasteiger partial charge in [0.25, 0.3) is 0 Å². The Hall–Kier alpha value is -3.96. The summed E-state index contributed by atoms with van der Waals surface area (Å²) in [6.45, 7) is 3.31. The lowest BCUT2D eigenvalue weighted by molar-refractivity contribution is -0.136. The molecular formula is C25H29F2N7O3. The summed E-state index contributed by atoms with van der Waals surface area (Å²) in [6.07, 6.45) is 2.05. The van der Waals surface area contributed by atoms with Crippen LogP contribution in [0.5, 0.6) is 5.88 Å². The number of nitrogens with zero attached hydrogens (tertiary/aromatic N) is 6. The minimum atomic E-state index is -3.09. The van der Waals surface area contributed by atoms with Crippen molar-refractivity contribution in [3.05, 3.63) is 59.5 Å². The Morgan fingerprint density at radius 1 is 1.14 bits per heavy atom. The van der Waals surface area contributed by atoms with Gasteiger partial charge < -0.3 is 15.0 Å². The quantitative estimate of drug-likeness (QED) is 0.491. The van der Waals surface area contributed by atoms with Crippen LogP contribution < -0.4 is 10.1 Å². The first-order chi connectivity index (χ1) is 17.7. The maximum absolute atomic E-state index is 14.0. The first kappa shape index (κ1) is 26.1. The van der Waals surface area contributed by atoms with Crippen molar-refractivity contribution < 1.29 is 23.1 Å². The van der Waals surface area contributed by atoms with Gasteiger partial charge in [-0.05, 0) is 59.4 Å². The normalized spacial score (nSPS) is 15.2. The molecule has 0 radical (unpaired) electrons. The molecule has 0 bridgehead atoms. The van der Waals surface area contributed by atoms with Crippen LogP contribution in [0.1, 0.15) is 49.4 Å². The summed E-state index contributed by atoms with van der Waals surface area (Å²) in [6, 6.07) is 10.8. The van der Waals surface area contributed by atoms with Gasteiger partial charge in [-0.1, -0.05) is 38.1 Å². The Morgan fingerprint density at radius 3 is 2.51 bits per heavy atom. The lowest BCUT2D eigenvalue weighted by atomic mass is 9.69. The largest absolute Gasteiger partial charge is 0.415 e. The van der Waals surface area contributed by atoms with Gasteiger partial charge in [-0.2, -0.15) is 8.78 Å². The number of likely N-dealkylation sites (tertiary alicyclic amines) is 1. The van der Waals surface area contributed by atoms with E-state index < -0.39 is 12.0 Å². The van der Waals surface area contributed by atoms with Gasteiger partial charge in [0.2, 0.25) is 17.7 Å². The number of rotatable bonds is 8. The number of amides is 2. The fourth-order valence-electron chi connectivity index (χ4n) is 4.73. The summed E-state index contributed by atoms with van der Waals surface area (Å²) in [7, 11) is 0. The van der Waals surface area contributed by atoms with Crippen molar-refractivity contribution in [1.29, 1.82) is 0 Å². The number of pyridine rings is 1. The van der Waals surface area contributed by atoms with Crippen LogP contribution in [0.25, 0.3) is 0 Å². The summed E-state index contributed by atoms with van der Waals surface area (Å²) in [5.74, 6) is -0.726. The van der Waals surface area contributed by atoms with Gasteiger partial charge in [0.1, 0.15) is 18.6 Å². The van der Waals surface area contributed by atoms with Crippen LogP contribution in [0.4, 0.5) is 14.5 Å². The van der Waals surface area contributed by atoms with E-state index in [9.17, 15) is 18.4 Å². The molecule has 1 fully saturated rings. The smallest absolute Gasteiger partial charge is 0.388 e. The third kappa shape index (κ3) is 5.73. The highest BCUT2D eigenvalue weighted by molar-refractivity contribution is 6.00. The third-order valence-corrected chi connectivity index (χ3v) is 6.64. The Bertz CT molecular complexity index is 1240. The average Bonchev–Trinajstić information content (AvgIpc) is 3.38. The highest BCUT2D eigenvalue weighted by atomic mass is 19.3. The molecule has 1 aromatic carbocycles. The molecule has 2 aromatic heterocycles. The van der Waals surface area contributed by atoms with Crippen molar-refractivity contribution in [3.8, 4) is 5.88 Å². The minimum Gasteiger partial charge on any atom is -0.415 e. The van der Waals surface area contributed by atoms with Crippen LogP contribution >= 0.6 is 0 Å². The number of alkyl halides is 2. The number of anilines is 1.